The normalized spacial score (nSPS) is 11.2. The average molecular weight is 681 g/mol. The van der Waals surface area contributed by atoms with Gasteiger partial charge in [0.05, 0.1) is 0 Å². The van der Waals surface area contributed by atoms with Gasteiger partial charge in [-0.25, -0.2) is 0 Å². The molecule has 6 rings (SSSR count). The molecule has 6 heteroatoms. The van der Waals surface area contributed by atoms with E-state index < -0.39 is 0 Å². The van der Waals surface area contributed by atoms with Crippen LogP contribution in [0.4, 0.5) is 0 Å². The summed E-state index contributed by atoms with van der Waals surface area (Å²) in [6, 6.07) is 29.6. The highest BCUT2D eigenvalue weighted by molar-refractivity contribution is 5.53. The highest BCUT2D eigenvalue weighted by Crippen LogP contribution is 2.35. The summed E-state index contributed by atoms with van der Waals surface area (Å²) < 4.78 is 0. The van der Waals surface area contributed by atoms with Crippen LogP contribution in [0.3, 0.4) is 0 Å². The molecule has 0 fully saturated rings. The predicted octanol–water partition coefficient (Wildman–Crippen LogP) is 9.11. The Hall–Kier alpha value is -5.88. The molecule has 6 nitrogen and oxygen atoms in total. The zero-order chi connectivity index (χ0) is 36.4. The lowest BCUT2D eigenvalue weighted by molar-refractivity contribution is 0.461. The lowest BCUT2D eigenvalue weighted by Crippen LogP contribution is -2.02. The number of hydrogen-bond acceptors (Lipinski definition) is 6. The van der Waals surface area contributed by atoms with Crippen LogP contribution in [0.2, 0.25) is 0 Å². The van der Waals surface area contributed by atoms with Crippen molar-refractivity contribution >= 4 is 0 Å². The Labute approximate surface area is 299 Å². The van der Waals surface area contributed by atoms with Crippen molar-refractivity contribution < 1.29 is 30.6 Å². The molecule has 6 N–H and O–H groups in total. The first kappa shape index (κ1) is 35.0. The van der Waals surface area contributed by atoms with Crippen molar-refractivity contribution in [1.82, 2.24) is 0 Å². The molecular weight excluding hydrogens is 636 g/mol. The van der Waals surface area contributed by atoms with Gasteiger partial charge in [-0.05, 0) is 161 Å². The van der Waals surface area contributed by atoms with Crippen LogP contribution in [0.15, 0.2) is 97.1 Å². The van der Waals surface area contributed by atoms with Crippen LogP contribution in [0, 0.1) is 27.7 Å². The molecule has 6 aromatic rings. The first-order chi connectivity index (χ1) is 24.3. The Balaban J connectivity index is 1.44. The standard InChI is InChI=1S/C45H44O6/c1-26-5-30(22-40(46)9-26)14-36-18-34(19-37(44(36)50)15-31-6-27(2)10-41(47)23-31)13-35-20-38(16-32-7-28(3)11-42(48)24-32)45(51)39(21-35)17-33-8-29(4)12-43(49)25-33/h5-12,18-25,46-51H,13-17H2,1-4H3. The number of rotatable bonds is 10. The minimum atomic E-state index is 0.170. The van der Waals surface area contributed by atoms with Crippen LogP contribution in [0.5, 0.6) is 34.5 Å². The van der Waals surface area contributed by atoms with Crippen LogP contribution in [0.25, 0.3) is 0 Å². The Morgan fingerprint density at radius 2 is 0.490 bits per heavy atom. The molecule has 0 heterocycles. The average Bonchev–Trinajstić information content (AvgIpc) is 3.00. The van der Waals surface area contributed by atoms with Crippen LogP contribution < -0.4 is 0 Å². The topological polar surface area (TPSA) is 121 Å². The minimum absolute atomic E-state index is 0.170. The highest BCUT2D eigenvalue weighted by Gasteiger charge is 2.17. The highest BCUT2D eigenvalue weighted by atomic mass is 16.3. The largest absolute Gasteiger partial charge is 0.508 e. The van der Waals surface area contributed by atoms with E-state index in [1.807, 2.05) is 76.2 Å². The third-order valence-electron chi connectivity index (χ3n) is 9.13. The van der Waals surface area contributed by atoms with Crippen molar-refractivity contribution in [2.45, 2.75) is 59.8 Å². The maximum atomic E-state index is 11.6. The number of aryl methyl sites for hydroxylation is 4. The summed E-state index contributed by atoms with van der Waals surface area (Å²) in [5.74, 6) is 1.03. The Morgan fingerprint density at radius 1 is 0.275 bits per heavy atom. The molecule has 0 aliphatic carbocycles. The monoisotopic (exact) mass is 680 g/mol. The summed E-state index contributed by atoms with van der Waals surface area (Å²) in [4.78, 5) is 0. The maximum absolute atomic E-state index is 11.6. The molecule has 0 aromatic heterocycles. The van der Waals surface area contributed by atoms with Gasteiger partial charge >= 0.3 is 0 Å². The Morgan fingerprint density at radius 3 is 0.706 bits per heavy atom. The molecule has 0 aliphatic heterocycles. The molecule has 0 amide bonds. The van der Waals surface area contributed by atoms with Gasteiger partial charge in [-0.1, -0.05) is 48.5 Å². The van der Waals surface area contributed by atoms with E-state index in [9.17, 15) is 30.6 Å². The number of phenols is 6. The fourth-order valence-corrected chi connectivity index (χ4v) is 7.29. The van der Waals surface area contributed by atoms with Crippen molar-refractivity contribution in [3.63, 3.8) is 0 Å². The molecule has 0 saturated carbocycles. The minimum Gasteiger partial charge on any atom is -0.508 e. The summed E-state index contributed by atoms with van der Waals surface area (Å²) in [5.41, 5.74) is 11.9. The van der Waals surface area contributed by atoms with Crippen molar-refractivity contribution in [2.24, 2.45) is 0 Å². The second-order valence-electron chi connectivity index (χ2n) is 14.1. The smallest absolute Gasteiger partial charge is 0.122 e. The molecule has 0 unspecified atom stereocenters. The molecular formula is C45H44O6. The van der Waals surface area contributed by atoms with Gasteiger partial charge in [0.15, 0.2) is 0 Å². The zero-order valence-corrected chi connectivity index (χ0v) is 29.5. The second kappa shape index (κ2) is 14.5. The zero-order valence-electron chi connectivity index (χ0n) is 29.5. The second-order valence-corrected chi connectivity index (χ2v) is 14.1. The van der Waals surface area contributed by atoms with Gasteiger partial charge in [-0.2, -0.15) is 0 Å². The van der Waals surface area contributed by atoms with E-state index in [2.05, 4.69) is 0 Å². The summed E-state index contributed by atoms with van der Waals surface area (Å²) in [5, 5.41) is 64.5. The first-order valence-electron chi connectivity index (χ1n) is 17.1. The van der Waals surface area contributed by atoms with Gasteiger partial charge in [-0.3, -0.25) is 0 Å². The van der Waals surface area contributed by atoms with Crippen molar-refractivity contribution in [3.05, 3.63) is 175 Å². The molecule has 0 saturated heterocycles. The van der Waals surface area contributed by atoms with Crippen molar-refractivity contribution in [1.29, 1.82) is 0 Å². The van der Waals surface area contributed by atoms with Crippen molar-refractivity contribution in [3.8, 4) is 34.5 Å². The van der Waals surface area contributed by atoms with E-state index in [0.29, 0.717) is 54.4 Å². The summed E-state index contributed by atoms with van der Waals surface area (Å²) in [6.07, 6.45) is 2.11. The van der Waals surface area contributed by atoms with E-state index in [4.69, 9.17) is 0 Å². The molecule has 6 aromatic carbocycles. The van der Waals surface area contributed by atoms with E-state index in [0.717, 1.165) is 55.6 Å². The number of phenolic OH excluding ortho intramolecular Hbond substituents is 6. The maximum Gasteiger partial charge on any atom is 0.122 e. The predicted molar refractivity (Wildman–Crippen MR) is 202 cm³/mol. The van der Waals surface area contributed by atoms with Gasteiger partial charge in [0, 0.05) is 25.7 Å². The van der Waals surface area contributed by atoms with E-state index in [1.54, 1.807) is 48.5 Å². The lowest BCUT2D eigenvalue weighted by atomic mass is 9.89. The molecule has 0 radical (unpaired) electrons. The SMILES string of the molecule is Cc1cc(O)cc(Cc2cc(Cc3cc(Cc4cc(C)cc(O)c4)c(O)c(Cc4cc(C)cc(O)c4)c3)cc(Cc3cc(C)cc(O)c3)c2O)c1. The molecule has 0 spiro atoms. The third-order valence-corrected chi connectivity index (χ3v) is 9.13. The summed E-state index contributed by atoms with van der Waals surface area (Å²) >= 11 is 0. The molecule has 260 valence electrons. The lowest BCUT2D eigenvalue weighted by Gasteiger charge is -2.17. The van der Waals surface area contributed by atoms with Crippen LogP contribution in [-0.4, -0.2) is 30.6 Å². The fourth-order valence-electron chi connectivity index (χ4n) is 7.29. The molecule has 0 aliphatic rings. The molecule has 0 atom stereocenters. The summed E-state index contributed by atoms with van der Waals surface area (Å²) in [7, 11) is 0. The fraction of sp³-hybridized carbons (Fsp3) is 0.200. The molecule has 51 heavy (non-hydrogen) atoms. The van der Waals surface area contributed by atoms with E-state index >= 15 is 0 Å². The number of hydrogen-bond donors (Lipinski definition) is 6. The summed E-state index contributed by atoms with van der Waals surface area (Å²) in [6.45, 7) is 7.69. The first-order valence-corrected chi connectivity index (χ1v) is 17.1. The third kappa shape index (κ3) is 8.84. The van der Waals surface area contributed by atoms with Crippen molar-refractivity contribution in [2.75, 3.05) is 0 Å². The van der Waals surface area contributed by atoms with Gasteiger partial charge in [0.25, 0.3) is 0 Å². The van der Waals surface area contributed by atoms with Crippen LogP contribution in [0.1, 0.15) is 77.9 Å². The van der Waals surface area contributed by atoms with Gasteiger partial charge < -0.3 is 30.6 Å². The van der Waals surface area contributed by atoms with Gasteiger partial charge in [0.1, 0.15) is 34.5 Å². The quantitative estimate of drug-likeness (QED) is 0.0859. The molecule has 0 bridgehead atoms. The van der Waals surface area contributed by atoms with E-state index in [1.165, 1.54) is 0 Å². The van der Waals surface area contributed by atoms with Crippen LogP contribution >= 0.6 is 0 Å². The Bertz CT molecular complexity index is 1860. The van der Waals surface area contributed by atoms with Crippen LogP contribution in [-0.2, 0) is 32.1 Å². The Kier molecular flexibility index (Phi) is 9.97. The number of benzene rings is 6. The van der Waals surface area contributed by atoms with Gasteiger partial charge in [-0.15, -0.1) is 0 Å². The van der Waals surface area contributed by atoms with Gasteiger partial charge in [0.2, 0.25) is 0 Å². The number of aromatic hydroxyl groups is 6. The van der Waals surface area contributed by atoms with E-state index in [-0.39, 0.29) is 34.5 Å².